The molecule has 0 aliphatic carbocycles. The number of benzene rings is 2. The van der Waals surface area contributed by atoms with Crippen molar-refractivity contribution < 1.29 is 5.21 Å². The topological polar surface area (TPSA) is 39.3 Å². The molecule has 2 aromatic carbocycles. The van der Waals surface area contributed by atoms with Gasteiger partial charge >= 0.3 is 0 Å². The van der Waals surface area contributed by atoms with Crippen LogP contribution < -0.4 is 0 Å². The second-order valence-electron chi connectivity index (χ2n) is 5.29. The van der Waals surface area contributed by atoms with Gasteiger partial charge in [0.1, 0.15) is 6.04 Å². The third kappa shape index (κ3) is 1.68. The quantitative estimate of drug-likeness (QED) is 0.706. The number of hydrogen-bond acceptors (Lipinski definition) is 2. The van der Waals surface area contributed by atoms with E-state index in [0.29, 0.717) is 6.54 Å². The zero-order chi connectivity index (χ0) is 13.5. The molecule has 0 bridgehead atoms. The molecule has 4 rings (SSSR count). The largest absolute Gasteiger partial charge is 0.356 e. The van der Waals surface area contributed by atoms with Gasteiger partial charge in [0, 0.05) is 23.1 Å². The molecule has 3 nitrogen and oxygen atoms in total. The van der Waals surface area contributed by atoms with Gasteiger partial charge in [0.15, 0.2) is 0 Å². The van der Waals surface area contributed by atoms with E-state index in [1.165, 1.54) is 16.0 Å². The standard InChI is InChI=1S/C17H16N2O/c20-19-11-10-14-13-8-4-5-9-15(13)18-16(14)17(19)12-6-2-1-3-7-12/h1-9,17-18,20H,10-11H2/t17-/m0/s1. The maximum Gasteiger partial charge on any atom is 0.100 e. The number of rotatable bonds is 1. The molecule has 3 heteroatoms. The monoisotopic (exact) mass is 264 g/mol. The van der Waals surface area contributed by atoms with Crippen molar-refractivity contribution in [1.82, 2.24) is 10.0 Å². The summed E-state index contributed by atoms with van der Waals surface area (Å²) in [6.07, 6.45) is 0.874. The summed E-state index contributed by atoms with van der Waals surface area (Å²) in [5.41, 5.74) is 4.71. The molecule has 3 aromatic rings. The summed E-state index contributed by atoms with van der Waals surface area (Å²) < 4.78 is 0. The van der Waals surface area contributed by atoms with Crippen molar-refractivity contribution in [2.45, 2.75) is 12.5 Å². The summed E-state index contributed by atoms with van der Waals surface area (Å²) in [4.78, 5) is 3.49. The summed E-state index contributed by atoms with van der Waals surface area (Å²) in [7, 11) is 0. The number of hydrogen-bond donors (Lipinski definition) is 2. The van der Waals surface area contributed by atoms with E-state index in [9.17, 15) is 5.21 Å². The first-order chi connectivity index (χ1) is 9.84. The molecule has 0 fully saturated rings. The smallest absolute Gasteiger partial charge is 0.100 e. The van der Waals surface area contributed by atoms with Crippen LogP contribution >= 0.6 is 0 Å². The summed E-state index contributed by atoms with van der Waals surface area (Å²) in [6, 6.07) is 18.4. The Labute approximate surface area is 117 Å². The molecule has 1 aromatic heterocycles. The molecule has 0 radical (unpaired) electrons. The van der Waals surface area contributed by atoms with Gasteiger partial charge in [-0.2, -0.15) is 5.06 Å². The zero-order valence-corrected chi connectivity index (χ0v) is 11.1. The van der Waals surface area contributed by atoms with Crippen LogP contribution in [-0.4, -0.2) is 21.8 Å². The second-order valence-corrected chi connectivity index (χ2v) is 5.29. The fourth-order valence-electron chi connectivity index (χ4n) is 3.20. The molecule has 1 aliphatic heterocycles. The first-order valence-corrected chi connectivity index (χ1v) is 6.94. The number of para-hydroxylation sites is 1. The van der Waals surface area contributed by atoms with Crippen LogP contribution in [0.5, 0.6) is 0 Å². The van der Waals surface area contributed by atoms with Crippen molar-refractivity contribution in [2.24, 2.45) is 0 Å². The minimum absolute atomic E-state index is 0.104. The van der Waals surface area contributed by atoms with Gasteiger partial charge in [0.05, 0.1) is 0 Å². The van der Waals surface area contributed by atoms with E-state index in [-0.39, 0.29) is 6.04 Å². The van der Waals surface area contributed by atoms with E-state index in [4.69, 9.17) is 0 Å². The van der Waals surface area contributed by atoms with E-state index in [1.54, 1.807) is 0 Å². The van der Waals surface area contributed by atoms with Crippen molar-refractivity contribution in [2.75, 3.05) is 6.54 Å². The molecule has 1 aliphatic rings. The summed E-state index contributed by atoms with van der Waals surface area (Å²) in [5, 5.41) is 13.0. The van der Waals surface area contributed by atoms with E-state index >= 15 is 0 Å². The highest BCUT2D eigenvalue weighted by molar-refractivity contribution is 5.85. The Bertz CT molecular complexity index is 748. The van der Waals surface area contributed by atoms with Crippen LogP contribution in [-0.2, 0) is 6.42 Å². The normalized spacial score (nSPS) is 19.1. The van der Waals surface area contributed by atoms with Crippen molar-refractivity contribution in [3.05, 3.63) is 71.4 Å². The average molecular weight is 264 g/mol. The molecule has 0 unspecified atom stereocenters. The third-order valence-corrected chi connectivity index (χ3v) is 4.12. The Morgan fingerprint density at radius 3 is 2.60 bits per heavy atom. The predicted octanol–water partition coefficient (Wildman–Crippen LogP) is 3.50. The van der Waals surface area contributed by atoms with Crippen LogP contribution in [0.4, 0.5) is 0 Å². The number of aromatic nitrogens is 1. The van der Waals surface area contributed by atoms with Crippen LogP contribution in [0.1, 0.15) is 22.9 Å². The van der Waals surface area contributed by atoms with Gasteiger partial charge in [-0.15, -0.1) is 0 Å². The van der Waals surface area contributed by atoms with Gasteiger partial charge in [-0.1, -0.05) is 48.5 Å². The Balaban J connectivity index is 1.94. The number of hydroxylamine groups is 2. The third-order valence-electron chi connectivity index (χ3n) is 4.12. The van der Waals surface area contributed by atoms with Gasteiger partial charge in [-0.05, 0) is 23.6 Å². The van der Waals surface area contributed by atoms with E-state index < -0.39 is 0 Å². The molecule has 2 N–H and O–H groups in total. The number of aromatic amines is 1. The summed E-state index contributed by atoms with van der Waals surface area (Å²) in [5.74, 6) is 0. The first kappa shape index (κ1) is 11.7. The minimum atomic E-state index is -0.104. The predicted molar refractivity (Wildman–Crippen MR) is 78.8 cm³/mol. The molecule has 1 atom stereocenters. The number of H-pyrrole nitrogens is 1. The molecular weight excluding hydrogens is 248 g/mol. The number of nitrogens with zero attached hydrogens (tertiary/aromatic N) is 1. The van der Waals surface area contributed by atoms with Crippen molar-refractivity contribution in [3.8, 4) is 0 Å². The SMILES string of the molecule is ON1CCc2c([nH]c3ccccc23)[C@@H]1c1ccccc1. The van der Waals surface area contributed by atoms with E-state index in [0.717, 1.165) is 23.2 Å². The van der Waals surface area contributed by atoms with Crippen molar-refractivity contribution in [3.63, 3.8) is 0 Å². The first-order valence-electron chi connectivity index (χ1n) is 6.94. The Morgan fingerprint density at radius 1 is 1.00 bits per heavy atom. The lowest BCUT2D eigenvalue weighted by atomic mass is 9.94. The molecule has 0 saturated carbocycles. The van der Waals surface area contributed by atoms with E-state index in [2.05, 4.69) is 35.3 Å². The Kier molecular flexibility index (Phi) is 2.62. The van der Waals surface area contributed by atoms with Crippen LogP contribution in [0.15, 0.2) is 54.6 Å². The molecule has 0 spiro atoms. The molecular formula is C17H16N2O. The van der Waals surface area contributed by atoms with Gasteiger partial charge in [-0.25, -0.2) is 0 Å². The summed E-state index contributed by atoms with van der Waals surface area (Å²) in [6.45, 7) is 0.661. The highest BCUT2D eigenvalue weighted by atomic mass is 16.5. The van der Waals surface area contributed by atoms with Crippen molar-refractivity contribution in [1.29, 1.82) is 0 Å². The summed E-state index contributed by atoms with van der Waals surface area (Å²) >= 11 is 0. The highest BCUT2D eigenvalue weighted by Crippen LogP contribution is 2.37. The molecule has 100 valence electrons. The van der Waals surface area contributed by atoms with Crippen molar-refractivity contribution >= 4 is 10.9 Å². The zero-order valence-electron chi connectivity index (χ0n) is 11.1. The molecule has 20 heavy (non-hydrogen) atoms. The van der Waals surface area contributed by atoms with Gasteiger partial charge in [0.2, 0.25) is 0 Å². The minimum Gasteiger partial charge on any atom is -0.356 e. The lowest BCUT2D eigenvalue weighted by molar-refractivity contribution is -0.122. The second kappa shape index (κ2) is 4.47. The maximum atomic E-state index is 10.3. The van der Waals surface area contributed by atoms with Gasteiger partial charge in [0.25, 0.3) is 0 Å². The highest BCUT2D eigenvalue weighted by Gasteiger charge is 2.30. The fourth-order valence-corrected chi connectivity index (χ4v) is 3.20. The van der Waals surface area contributed by atoms with Gasteiger partial charge in [-0.3, -0.25) is 0 Å². The maximum absolute atomic E-state index is 10.3. The fraction of sp³-hybridized carbons (Fsp3) is 0.176. The van der Waals surface area contributed by atoms with Crippen LogP contribution in [0.25, 0.3) is 10.9 Å². The molecule has 2 heterocycles. The number of nitrogens with one attached hydrogen (secondary N) is 1. The van der Waals surface area contributed by atoms with Crippen LogP contribution in [0, 0.1) is 0 Å². The lowest BCUT2D eigenvalue weighted by Crippen LogP contribution is -2.33. The Hall–Kier alpha value is -2.10. The molecule has 0 saturated heterocycles. The molecule has 0 amide bonds. The van der Waals surface area contributed by atoms with E-state index in [1.807, 2.05) is 24.3 Å². The van der Waals surface area contributed by atoms with Crippen LogP contribution in [0.3, 0.4) is 0 Å². The number of fused-ring (bicyclic) bond motifs is 3. The average Bonchev–Trinajstić information content (AvgIpc) is 2.86. The Morgan fingerprint density at radius 2 is 1.75 bits per heavy atom. The lowest BCUT2D eigenvalue weighted by Gasteiger charge is -2.31. The van der Waals surface area contributed by atoms with Crippen LogP contribution in [0.2, 0.25) is 0 Å². The van der Waals surface area contributed by atoms with Gasteiger partial charge < -0.3 is 10.2 Å².